The molecule has 0 saturated heterocycles. The molecule has 0 fully saturated rings. The molecule has 1 atom stereocenters. The molecule has 0 radical (unpaired) electrons. The summed E-state index contributed by atoms with van der Waals surface area (Å²) in [6.45, 7) is 7.87. The Morgan fingerprint density at radius 2 is 1.75 bits per heavy atom. The average molecular weight is 228 g/mol. The second-order valence-electron chi connectivity index (χ2n) is 3.39. The smallest absolute Gasteiger partial charge is 0.336 e. The lowest BCUT2D eigenvalue weighted by Gasteiger charge is -2.16. The van der Waals surface area contributed by atoms with Crippen molar-refractivity contribution < 1.29 is 23.9 Å². The molecule has 0 aliphatic carbocycles. The molecule has 0 aromatic carbocycles. The van der Waals surface area contributed by atoms with Crippen molar-refractivity contribution in [2.24, 2.45) is 0 Å². The van der Waals surface area contributed by atoms with Crippen LogP contribution in [-0.4, -0.2) is 24.0 Å². The zero-order chi connectivity index (χ0) is 12.7. The van der Waals surface area contributed by atoms with Crippen LogP contribution in [-0.2, 0) is 23.9 Å². The summed E-state index contributed by atoms with van der Waals surface area (Å²) in [6, 6.07) is 0. The van der Waals surface area contributed by atoms with E-state index in [4.69, 9.17) is 9.47 Å². The lowest BCUT2D eigenvalue weighted by Crippen LogP contribution is -2.25. The standard InChI is InChI=1S/C11H16O5/c1-5-10(16-11(14)7(2)3)15-9(13)6-8(4)12/h10H,2,5-6H2,1,3-4H3. The summed E-state index contributed by atoms with van der Waals surface area (Å²) in [7, 11) is 0. The number of ether oxygens (including phenoxy) is 2. The number of carbonyl (C=O) groups is 3. The van der Waals surface area contributed by atoms with Gasteiger partial charge in [0.15, 0.2) is 0 Å². The molecular formula is C11H16O5. The number of esters is 2. The molecule has 0 N–H and O–H groups in total. The molecule has 0 aliphatic rings. The summed E-state index contributed by atoms with van der Waals surface area (Å²) >= 11 is 0. The van der Waals surface area contributed by atoms with E-state index in [-0.39, 0.29) is 17.8 Å². The second-order valence-corrected chi connectivity index (χ2v) is 3.39. The maximum atomic E-state index is 11.1. The van der Waals surface area contributed by atoms with Crippen LogP contribution < -0.4 is 0 Å². The summed E-state index contributed by atoms with van der Waals surface area (Å²) in [5, 5.41) is 0. The molecule has 0 amide bonds. The van der Waals surface area contributed by atoms with Crippen molar-refractivity contribution in [1.82, 2.24) is 0 Å². The van der Waals surface area contributed by atoms with E-state index >= 15 is 0 Å². The Balaban J connectivity index is 4.20. The van der Waals surface area contributed by atoms with Crippen molar-refractivity contribution in [3.63, 3.8) is 0 Å². The highest BCUT2D eigenvalue weighted by molar-refractivity contribution is 5.94. The normalized spacial score (nSPS) is 11.4. The van der Waals surface area contributed by atoms with Crippen LogP contribution >= 0.6 is 0 Å². The molecule has 5 nitrogen and oxygen atoms in total. The first-order chi connectivity index (χ1) is 7.36. The van der Waals surface area contributed by atoms with Crippen LogP contribution in [0.2, 0.25) is 0 Å². The van der Waals surface area contributed by atoms with Crippen LogP contribution in [0.3, 0.4) is 0 Å². The predicted molar refractivity (Wildman–Crippen MR) is 56.4 cm³/mol. The van der Waals surface area contributed by atoms with Gasteiger partial charge >= 0.3 is 11.9 Å². The van der Waals surface area contributed by atoms with Gasteiger partial charge in [-0.1, -0.05) is 13.5 Å². The number of carbonyl (C=O) groups excluding carboxylic acids is 3. The third kappa shape index (κ3) is 5.95. The van der Waals surface area contributed by atoms with E-state index in [9.17, 15) is 14.4 Å². The molecule has 0 heterocycles. The molecule has 0 aromatic heterocycles. The Kier molecular flexibility index (Phi) is 6.07. The van der Waals surface area contributed by atoms with Gasteiger partial charge in [0.25, 0.3) is 0 Å². The van der Waals surface area contributed by atoms with Crippen LogP contribution in [0.15, 0.2) is 12.2 Å². The summed E-state index contributed by atoms with van der Waals surface area (Å²) in [4.78, 5) is 32.9. The van der Waals surface area contributed by atoms with Gasteiger partial charge in [-0.3, -0.25) is 9.59 Å². The number of hydrogen-bond donors (Lipinski definition) is 0. The minimum atomic E-state index is -0.962. The lowest BCUT2D eigenvalue weighted by atomic mass is 10.3. The number of Topliss-reactive ketones (excluding diaryl/α,β-unsaturated/α-hetero) is 1. The first-order valence-electron chi connectivity index (χ1n) is 4.92. The molecule has 0 rings (SSSR count). The highest BCUT2D eigenvalue weighted by atomic mass is 16.7. The maximum Gasteiger partial charge on any atom is 0.336 e. The molecule has 0 aliphatic heterocycles. The second kappa shape index (κ2) is 6.76. The monoisotopic (exact) mass is 228 g/mol. The van der Waals surface area contributed by atoms with E-state index in [1.54, 1.807) is 6.92 Å². The van der Waals surface area contributed by atoms with Crippen molar-refractivity contribution >= 4 is 17.7 Å². The van der Waals surface area contributed by atoms with Crippen LogP contribution in [0.4, 0.5) is 0 Å². The van der Waals surface area contributed by atoms with Gasteiger partial charge < -0.3 is 9.47 Å². The van der Waals surface area contributed by atoms with Crippen molar-refractivity contribution in [3.8, 4) is 0 Å². The predicted octanol–water partition coefficient (Wildman–Crippen LogP) is 1.36. The fourth-order valence-electron chi connectivity index (χ4n) is 0.802. The quantitative estimate of drug-likeness (QED) is 0.297. The van der Waals surface area contributed by atoms with Gasteiger partial charge in [-0.15, -0.1) is 0 Å². The summed E-state index contributed by atoms with van der Waals surface area (Å²) < 4.78 is 9.61. The Morgan fingerprint density at radius 1 is 1.19 bits per heavy atom. The van der Waals surface area contributed by atoms with Gasteiger partial charge in [0.2, 0.25) is 6.29 Å². The maximum absolute atomic E-state index is 11.1. The van der Waals surface area contributed by atoms with E-state index in [1.807, 2.05) is 0 Å². The SMILES string of the molecule is C=C(C)C(=O)OC(CC)OC(=O)CC(C)=O. The zero-order valence-corrected chi connectivity index (χ0v) is 9.74. The van der Waals surface area contributed by atoms with Gasteiger partial charge in [-0.2, -0.15) is 0 Å². The van der Waals surface area contributed by atoms with Crippen molar-refractivity contribution in [2.75, 3.05) is 0 Å². The number of ketones is 1. The third-order valence-corrected chi connectivity index (χ3v) is 1.58. The highest BCUT2D eigenvalue weighted by Gasteiger charge is 2.18. The van der Waals surface area contributed by atoms with E-state index in [1.165, 1.54) is 13.8 Å². The van der Waals surface area contributed by atoms with E-state index in [2.05, 4.69) is 6.58 Å². The molecule has 0 bridgehead atoms. The fourth-order valence-corrected chi connectivity index (χ4v) is 0.802. The Hall–Kier alpha value is -1.65. The zero-order valence-electron chi connectivity index (χ0n) is 9.74. The van der Waals surface area contributed by atoms with Crippen LogP contribution in [0.25, 0.3) is 0 Å². The largest absolute Gasteiger partial charge is 0.425 e. The molecular weight excluding hydrogens is 212 g/mol. The average Bonchev–Trinajstić information content (AvgIpc) is 2.14. The first-order valence-corrected chi connectivity index (χ1v) is 4.92. The van der Waals surface area contributed by atoms with Crippen LogP contribution in [0.1, 0.15) is 33.6 Å². The third-order valence-electron chi connectivity index (χ3n) is 1.58. The van der Waals surface area contributed by atoms with Gasteiger partial charge in [0.1, 0.15) is 12.2 Å². The molecule has 90 valence electrons. The molecule has 16 heavy (non-hydrogen) atoms. The number of rotatable bonds is 6. The van der Waals surface area contributed by atoms with Crippen molar-refractivity contribution in [3.05, 3.63) is 12.2 Å². The van der Waals surface area contributed by atoms with Crippen LogP contribution in [0.5, 0.6) is 0 Å². The molecule has 5 heteroatoms. The molecule has 1 unspecified atom stereocenters. The van der Waals surface area contributed by atoms with Gasteiger partial charge in [-0.25, -0.2) is 4.79 Å². The Bertz CT molecular complexity index is 305. The first kappa shape index (κ1) is 14.3. The number of hydrogen-bond acceptors (Lipinski definition) is 5. The Morgan fingerprint density at radius 3 is 2.12 bits per heavy atom. The fraction of sp³-hybridized carbons (Fsp3) is 0.545. The van der Waals surface area contributed by atoms with Crippen molar-refractivity contribution in [2.45, 2.75) is 39.9 Å². The summed E-state index contributed by atoms with van der Waals surface area (Å²) in [5.41, 5.74) is 0.223. The minimum Gasteiger partial charge on any atom is -0.425 e. The van der Waals surface area contributed by atoms with Crippen LogP contribution in [0, 0.1) is 0 Å². The highest BCUT2D eigenvalue weighted by Crippen LogP contribution is 2.06. The lowest BCUT2D eigenvalue weighted by molar-refractivity contribution is -0.185. The van der Waals surface area contributed by atoms with Crippen molar-refractivity contribution in [1.29, 1.82) is 0 Å². The van der Waals surface area contributed by atoms with E-state index in [0.29, 0.717) is 6.42 Å². The van der Waals surface area contributed by atoms with Gasteiger partial charge in [0.05, 0.1) is 0 Å². The topological polar surface area (TPSA) is 69.7 Å². The van der Waals surface area contributed by atoms with E-state index < -0.39 is 18.2 Å². The molecule has 0 spiro atoms. The summed E-state index contributed by atoms with van der Waals surface area (Å²) in [5.74, 6) is -1.62. The Labute approximate surface area is 94.4 Å². The molecule has 0 saturated carbocycles. The van der Waals surface area contributed by atoms with E-state index in [0.717, 1.165) is 0 Å². The minimum absolute atomic E-state index is 0.223. The van der Waals surface area contributed by atoms with Gasteiger partial charge in [-0.05, 0) is 13.8 Å². The van der Waals surface area contributed by atoms with Gasteiger partial charge in [0, 0.05) is 12.0 Å². The molecule has 0 aromatic rings. The summed E-state index contributed by atoms with van der Waals surface area (Å²) in [6.07, 6.45) is -0.958.